The van der Waals surface area contributed by atoms with Crippen LogP contribution >= 0.6 is 0 Å². The Kier molecular flexibility index (Phi) is 5.44. The van der Waals surface area contributed by atoms with E-state index in [4.69, 9.17) is 4.74 Å². The molecule has 2 N–H and O–H groups in total. The van der Waals surface area contributed by atoms with Gasteiger partial charge in [0.25, 0.3) is 0 Å². The third-order valence-electron chi connectivity index (χ3n) is 5.23. The van der Waals surface area contributed by atoms with Crippen molar-refractivity contribution in [2.45, 2.75) is 70.9 Å². The molecule has 20 heavy (non-hydrogen) atoms. The number of aliphatic hydroxyl groups is 1. The predicted molar refractivity (Wildman–Crippen MR) is 78.3 cm³/mol. The molecule has 0 spiro atoms. The SMILES string of the molecule is CCOC(=O)C1CCC(NC2CCCC2(C)CO)CC1. The number of carbonyl (C=O) groups excluding carboxylic acids is 1. The van der Waals surface area contributed by atoms with Crippen LogP contribution in [0.1, 0.15) is 58.8 Å². The Balaban J connectivity index is 1.78. The van der Waals surface area contributed by atoms with Gasteiger partial charge < -0.3 is 15.2 Å². The zero-order chi connectivity index (χ0) is 14.6. The van der Waals surface area contributed by atoms with Gasteiger partial charge in [-0.3, -0.25) is 4.79 Å². The van der Waals surface area contributed by atoms with Crippen LogP contribution in [0, 0.1) is 11.3 Å². The summed E-state index contributed by atoms with van der Waals surface area (Å²) in [6, 6.07) is 0.922. The molecule has 2 saturated carbocycles. The van der Waals surface area contributed by atoms with Gasteiger partial charge in [0.2, 0.25) is 0 Å². The lowest BCUT2D eigenvalue weighted by Gasteiger charge is -2.36. The van der Waals surface area contributed by atoms with E-state index < -0.39 is 0 Å². The summed E-state index contributed by atoms with van der Waals surface area (Å²) < 4.78 is 5.11. The van der Waals surface area contributed by atoms with Gasteiger partial charge in [-0.1, -0.05) is 13.3 Å². The fourth-order valence-corrected chi connectivity index (χ4v) is 3.75. The van der Waals surface area contributed by atoms with Crippen LogP contribution in [0.5, 0.6) is 0 Å². The molecule has 116 valence electrons. The molecule has 0 aromatic rings. The number of ether oxygens (including phenoxy) is 1. The average molecular weight is 283 g/mol. The Bertz CT molecular complexity index is 326. The third kappa shape index (κ3) is 3.53. The van der Waals surface area contributed by atoms with Crippen molar-refractivity contribution in [3.05, 3.63) is 0 Å². The molecule has 0 heterocycles. The maximum Gasteiger partial charge on any atom is 0.308 e. The van der Waals surface area contributed by atoms with Crippen LogP contribution in [-0.2, 0) is 9.53 Å². The molecule has 0 aromatic carbocycles. The first-order chi connectivity index (χ1) is 9.59. The van der Waals surface area contributed by atoms with Crippen LogP contribution < -0.4 is 5.32 Å². The Labute approximate surface area is 122 Å². The summed E-state index contributed by atoms with van der Waals surface area (Å²) in [5.74, 6) is 0.0767. The smallest absolute Gasteiger partial charge is 0.308 e. The molecule has 2 aliphatic carbocycles. The van der Waals surface area contributed by atoms with E-state index in [1.54, 1.807) is 0 Å². The number of esters is 1. The van der Waals surface area contributed by atoms with Crippen molar-refractivity contribution >= 4 is 5.97 Å². The molecule has 4 nitrogen and oxygen atoms in total. The van der Waals surface area contributed by atoms with Gasteiger partial charge in [0.1, 0.15) is 0 Å². The molecule has 0 amide bonds. The second-order valence-electron chi connectivity index (χ2n) is 6.72. The molecular formula is C16H29NO3. The molecular weight excluding hydrogens is 254 g/mol. The van der Waals surface area contributed by atoms with Crippen molar-refractivity contribution in [1.82, 2.24) is 5.32 Å². The van der Waals surface area contributed by atoms with Crippen LogP contribution in [0.2, 0.25) is 0 Å². The van der Waals surface area contributed by atoms with Crippen LogP contribution in [0.15, 0.2) is 0 Å². The van der Waals surface area contributed by atoms with Crippen LogP contribution in [-0.4, -0.2) is 36.4 Å². The van der Waals surface area contributed by atoms with Gasteiger partial charge in [-0.25, -0.2) is 0 Å². The lowest BCUT2D eigenvalue weighted by atomic mass is 9.82. The van der Waals surface area contributed by atoms with Gasteiger partial charge in [0.15, 0.2) is 0 Å². The molecule has 2 aliphatic rings. The maximum absolute atomic E-state index is 11.7. The van der Waals surface area contributed by atoms with E-state index in [0.717, 1.165) is 38.5 Å². The van der Waals surface area contributed by atoms with E-state index in [9.17, 15) is 9.90 Å². The molecule has 4 heteroatoms. The molecule has 0 aromatic heterocycles. The van der Waals surface area contributed by atoms with Crippen molar-refractivity contribution in [3.8, 4) is 0 Å². The zero-order valence-electron chi connectivity index (χ0n) is 12.9. The standard InChI is InChI=1S/C16H29NO3/c1-3-20-15(19)12-6-8-13(9-7-12)17-14-5-4-10-16(14,2)11-18/h12-14,17-18H,3-11H2,1-2H3. The van der Waals surface area contributed by atoms with E-state index in [1.165, 1.54) is 6.42 Å². The molecule has 2 rings (SSSR count). The number of nitrogens with one attached hydrogen (secondary N) is 1. The molecule has 0 radical (unpaired) electrons. The first-order valence-corrected chi connectivity index (χ1v) is 8.12. The lowest BCUT2D eigenvalue weighted by Crippen LogP contribution is -2.48. The monoisotopic (exact) mass is 283 g/mol. The molecule has 2 fully saturated rings. The molecule has 0 bridgehead atoms. The van der Waals surface area contributed by atoms with Crippen molar-refractivity contribution in [2.24, 2.45) is 11.3 Å². The van der Waals surface area contributed by atoms with Crippen LogP contribution in [0.4, 0.5) is 0 Å². The van der Waals surface area contributed by atoms with Gasteiger partial charge in [-0.15, -0.1) is 0 Å². The van der Waals surface area contributed by atoms with Crippen molar-refractivity contribution in [1.29, 1.82) is 0 Å². The van der Waals surface area contributed by atoms with Gasteiger partial charge in [0.05, 0.1) is 12.5 Å². The zero-order valence-corrected chi connectivity index (χ0v) is 12.9. The first-order valence-electron chi connectivity index (χ1n) is 8.12. The number of aliphatic hydroxyl groups excluding tert-OH is 1. The molecule has 2 atom stereocenters. The summed E-state index contributed by atoms with van der Waals surface area (Å²) >= 11 is 0. The second kappa shape index (κ2) is 6.90. The Hall–Kier alpha value is -0.610. The minimum atomic E-state index is -0.0213. The summed E-state index contributed by atoms with van der Waals surface area (Å²) in [5.41, 5.74) is 0.0397. The lowest BCUT2D eigenvalue weighted by molar-refractivity contribution is -0.149. The quantitative estimate of drug-likeness (QED) is 0.760. The molecule has 2 unspecified atom stereocenters. The second-order valence-corrected chi connectivity index (χ2v) is 6.72. The summed E-state index contributed by atoms with van der Waals surface area (Å²) in [7, 11) is 0. The summed E-state index contributed by atoms with van der Waals surface area (Å²) in [6.45, 7) is 4.79. The topological polar surface area (TPSA) is 58.6 Å². The predicted octanol–water partition coefficient (Wildman–Crippen LogP) is 2.25. The van der Waals surface area contributed by atoms with Crippen molar-refractivity contribution < 1.29 is 14.6 Å². The van der Waals surface area contributed by atoms with E-state index in [-0.39, 0.29) is 23.9 Å². The molecule has 0 aliphatic heterocycles. The highest BCUT2D eigenvalue weighted by Gasteiger charge is 2.39. The maximum atomic E-state index is 11.7. The minimum Gasteiger partial charge on any atom is -0.466 e. The highest BCUT2D eigenvalue weighted by atomic mass is 16.5. The van der Waals surface area contributed by atoms with Crippen LogP contribution in [0.25, 0.3) is 0 Å². The first kappa shape index (κ1) is 15.8. The van der Waals surface area contributed by atoms with Gasteiger partial charge in [0, 0.05) is 24.1 Å². The highest BCUT2D eigenvalue weighted by Crippen LogP contribution is 2.38. The Morgan fingerprint density at radius 3 is 2.60 bits per heavy atom. The number of rotatable bonds is 5. The normalized spacial score (nSPS) is 37.9. The van der Waals surface area contributed by atoms with Crippen molar-refractivity contribution in [2.75, 3.05) is 13.2 Å². The van der Waals surface area contributed by atoms with Gasteiger partial charge >= 0.3 is 5.97 Å². The average Bonchev–Trinajstić information content (AvgIpc) is 2.82. The van der Waals surface area contributed by atoms with Crippen LogP contribution in [0.3, 0.4) is 0 Å². The number of hydrogen-bond acceptors (Lipinski definition) is 4. The van der Waals surface area contributed by atoms with Crippen molar-refractivity contribution in [3.63, 3.8) is 0 Å². The highest BCUT2D eigenvalue weighted by molar-refractivity contribution is 5.72. The third-order valence-corrected chi connectivity index (χ3v) is 5.23. The van der Waals surface area contributed by atoms with E-state index in [1.807, 2.05) is 6.92 Å². The minimum absolute atomic E-state index is 0.0213. The van der Waals surface area contributed by atoms with E-state index in [2.05, 4.69) is 12.2 Å². The number of carbonyl (C=O) groups is 1. The largest absolute Gasteiger partial charge is 0.466 e. The molecule has 0 saturated heterocycles. The van der Waals surface area contributed by atoms with Gasteiger partial charge in [-0.2, -0.15) is 0 Å². The fourth-order valence-electron chi connectivity index (χ4n) is 3.75. The van der Waals surface area contributed by atoms with E-state index >= 15 is 0 Å². The summed E-state index contributed by atoms with van der Waals surface area (Å²) in [6.07, 6.45) is 7.42. The van der Waals surface area contributed by atoms with E-state index in [0.29, 0.717) is 18.7 Å². The number of hydrogen-bond donors (Lipinski definition) is 2. The Morgan fingerprint density at radius 2 is 2.00 bits per heavy atom. The Morgan fingerprint density at radius 1 is 1.30 bits per heavy atom. The summed E-state index contributed by atoms with van der Waals surface area (Å²) in [5, 5.41) is 13.3. The fraction of sp³-hybridized carbons (Fsp3) is 0.938. The summed E-state index contributed by atoms with van der Waals surface area (Å²) in [4.78, 5) is 11.7. The van der Waals surface area contributed by atoms with Gasteiger partial charge in [-0.05, 0) is 45.4 Å².